The van der Waals surface area contributed by atoms with Crippen LogP contribution >= 0.6 is 0 Å². The Labute approximate surface area is 156 Å². The molecule has 3 rings (SSSR count). The summed E-state index contributed by atoms with van der Waals surface area (Å²) in [4.78, 5) is 14.6. The SMILES string of the molecule is Cc1ccc(C(C)(C)CNC(=O)Nc2ccc(N3CCCC3)cc2)cc1. The van der Waals surface area contributed by atoms with Crippen molar-refractivity contribution in [1.29, 1.82) is 0 Å². The number of hydrogen-bond donors (Lipinski definition) is 2. The predicted octanol–water partition coefficient (Wildman–Crippen LogP) is 4.69. The number of urea groups is 1. The summed E-state index contributed by atoms with van der Waals surface area (Å²) in [7, 11) is 0. The van der Waals surface area contributed by atoms with Gasteiger partial charge in [0.25, 0.3) is 0 Å². The zero-order chi connectivity index (χ0) is 18.6. The van der Waals surface area contributed by atoms with Gasteiger partial charge in [0.1, 0.15) is 0 Å². The lowest BCUT2D eigenvalue weighted by Gasteiger charge is -2.26. The number of benzene rings is 2. The molecule has 0 atom stereocenters. The largest absolute Gasteiger partial charge is 0.372 e. The lowest BCUT2D eigenvalue weighted by atomic mass is 9.84. The molecule has 2 amide bonds. The molecule has 0 bridgehead atoms. The zero-order valence-corrected chi connectivity index (χ0v) is 16.0. The van der Waals surface area contributed by atoms with Crippen molar-refractivity contribution in [2.45, 2.75) is 39.0 Å². The molecular weight excluding hydrogens is 322 g/mol. The first kappa shape index (κ1) is 18.3. The van der Waals surface area contributed by atoms with E-state index in [0.717, 1.165) is 18.8 Å². The summed E-state index contributed by atoms with van der Waals surface area (Å²) in [5.74, 6) is 0. The molecule has 0 aliphatic carbocycles. The van der Waals surface area contributed by atoms with E-state index in [1.54, 1.807) is 0 Å². The minimum absolute atomic E-state index is 0.120. The van der Waals surface area contributed by atoms with Crippen LogP contribution in [0, 0.1) is 6.92 Å². The summed E-state index contributed by atoms with van der Waals surface area (Å²) in [6.45, 7) is 9.19. The van der Waals surface area contributed by atoms with Crippen molar-refractivity contribution in [3.8, 4) is 0 Å². The Morgan fingerprint density at radius 3 is 2.23 bits per heavy atom. The van der Waals surface area contributed by atoms with Crippen LogP contribution in [0.3, 0.4) is 0 Å². The Kier molecular flexibility index (Phi) is 5.50. The van der Waals surface area contributed by atoms with Gasteiger partial charge in [-0.15, -0.1) is 0 Å². The van der Waals surface area contributed by atoms with Crippen LogP contribution in [-0.2, 0) is 5.41 Å². The van der Waals surface area contributed by atoms with E-state index in [0.29, 0.717) is 6.54 Å². The number of carbonyl (C=O) groups is 1. The first-order chi connectivity index (χ1) is 12.4. The van der Waals surface area contributed by atoms with Crippen molar-refractivity contribution in [2.75, 3.05) is 29.9 Å². The molecule has 1 fully saturated rings. The van der Waals surface area contributed by atoms with Gasteiger partial charge in [0, 0.05) is 36.4 Å². The predicted molar refractivity (Wildman–Crippen MR) is 109 cm³/mol. The smallest absolute Gasteiger partial charge is 0.319 e. The Bertz CT molecular complexity index is 729. The number of nitrogens with one attached hydrogen (secondary N) is 2. The van der Waals surface area contributed by atoms with Crippen LogP contribution in [0.15, 0.2) is 48.5 Å². The fourth-order valence-electron chi connectivity index (χ4n) is 3.31. The number of nitrogens with zero attached hydrogens (tertiary/aromatic N) is 1. The normalized spacial score (nSPS) is 14.3. The van der Waals surface area contributed by atoms with Gasteiger partial charge in [-0.2, -0.15) is 0 Å². The van der Waals surface area contributed by atoms with Gasteiger partial charge in [-0.25, -0.2) is 4.79 Å². The van der Waals surface area contributed by atoms with Crippen LogP contribution in [0.4, 0.5) is 16.2 Å². The second kappa shape index (κ2) is 7.81. The number of carbonyl (C=O) groups excluding carboxylic acids is 1. The van der Waals surface area contributed by atoms with Crippen molar-refractivity contribution in [3.05, 3.63) is 59.7 Å². The molecule has 4 heteroatoms. The lowest BCUT2D eigenvalue weighted by Crippen LogP contribution is -2.38. The van der Waals surface area contributed by atoms with Gasteiger partial charge >= 0.3 is 6.03 Å². The molecule has 1 aliphatic heterocycles. The van der Waals surface area contributed by atoms with E-state index in [2.05, 4.69) is 72.7 Å². The lowest BCUT2D eigenvalue weighted by molar-refractivity contribution is 0.249. The Balaban J connectivity index is 1.52. The van der Waals surface area contributed by atoms with E-state index in [1.807, 2.05) is 12.1 Å². The molecule has 26 heavy (non-hydrogen) atoms. The fourth-order valence-corrected chi connectivity index (χ4v) is 3.31. The average Bonchev–Trinajstić information content (AvgIpc) is 3.16. The molecule has 2 N–H and O–H groups in total. The van der Waals surface area contributed by atoms with Crippen LogP contribution in [0.1, 0.15) is 37.8 Å². The summed E-state index contributed by atoms with van der Waals surface area (Å²) in [5, 5.41) is 5.92. The van der Waals surface area contributed by atoms with Crippen molar-refractivity contribution in [2.24, 2.45) is 0 Å². The summed E-state index contributed by atoms with van der Waals surface area (Å²) < 4.78 is 0. The first-order valence-electron chi connectivity index (χ1n) is 9.41. The van der Waals surface area contributed by atoms with Crippen molar-refractivity contribution >= 4 is 17.4 Å². The highest BCUT2D eigenvalue weighted by atomic mass is 16.2. The van der Waals surface area contributed by atoms with Gasteiger partial charge in [0.2, 0.25) is 0 Å². The molecule has 0 spiro atoms. The van der Waals surface area contributed by atoms with Crippen molar-refractivity contribution in [3.63, 3.8) is 0 Å². The third kappa shape index (κ3) is 4.57. The minimum atomic E-state index is -0.167. The first-order valence-corrected chi connectivity index (χ1v) is 9.41. The van der Waals surface area contributed by atoms with E-state index in [9.17, 15) is 4.79 Å². The van der Waals surface area contributed by atoms with Gasteiger partial charge < -0.3 is 15.5 Å². The molecule has 0 radical (unpaired) electrons. The van der Waals surface area contributed by atoms with Gasteiger partial charge in [0.15, 0.2) is 0 Å². The average molecular weight is 351 g/mol. The topological polar surface area (TPSA) is 44.4 Å². The fraction of sp³-hybridized carbons (Fsp3) is 0.409. The molecule has 0 aromatic heterocycles. The number of amides is 2. The third-order valence-corrected chi connectivity index (χ3v) is 5.12. The molecule has 0 saturated carbocycles. The molecule has 1 heterocycles. The molecule has 138 valence electrons. The Morgan fingerprint density at radius 2 is 1.62 bits per heavy atom. The number of hydrogen-bond acceptors (Lipinski definition) is 2. The van der Waals surface area contributed by atoms with E-state index in [4.69, 9.17) is 0 Å². The monoisotopic (exact) mass is 351 g/mol. The summed E-state index contributed by atoms with van der Waals surface area (Å²) in [6.07, 6.45) is 2.53. The van der Waals surface area contributed by atoms with Crippen LogP contribution in [0.2, 0.25) is 0 Å². The molecule has 1 saturated heterocycles. The zero-order valence-electron chi connectivity index (χ0n) is 16.0. The number of rotatable bonds is 5. The maximum atomic E-state index is 12.3. The van der Waals surface area contributed by atoms with E-state index < -0.39 is 0 Å². The van der Waals surface area contributed by atoms with Crippen molar-refractivity contribution in [1.82, 2.24) is 5.32 Å². The van der Waals surface area contributed by atoms with Gasteiger partial charge in [0.05, 0.1) is 0 Å². The second-order valence-electron chi connectivity index (χ2n) is 7.80. The Morgan fingerprint density at radius 1 is 1.00 bits per heavy atom. The van der Waals surface area contributed by atoms with Crippen LogP contribution in [0.5, 0.6) is 0 Å². The summed E-state index contributed by atoms with van der Waals surface area (Å²) in [5.41, 5.74) is 4.39. The van der Waals surface area contributed by atoms with Crippen LogP contribution < -0.4 is 15.5 Å². The van der Waals surface area contributed by atoms with Gasteiger partial charge in [-0.1, -0.05) is 43.7 Å². The van der Waals surface area contributed by atoms with E-state index >= 15 is 0 Å². The maximum absolute atomic E-state index is 12.3. The number of aryl methyl sites for hydroxylation is 1. The van der Waals surface area contributed by atoms with Gasteiger partial charge in [-0.05, 0) is 49.6 Å². The molecule has 1 aliphatic rings. The highest BCUT2D eigenvalue weighted by molar-refractivity contribution is 5.89. The number of anilines is 2. The second-order valence-corrected chi connectivity index (χ2v) is 7.80. The van der Waals surface area contributed by atoms with Crippen molar-refractivity contribution < 1.29 is 4.79 Å². The van der Waals surface area contributed by atoms with Crippen LogP contribution in [0.25, 0.3) is 0 Å². The third-order valence-electron chi connectivity index (χ3n) is 5.12. The van der Waals surface area contributed by atoms with E-state index in [-0.39, 0.29) is 11.4 Å². The maximum Gasteiger partial charge on any atom is 0.319 e. The highest BCUT2D eigenvalue weighted by Gasteiger charge is 2.21. The minimum Gasteiger partial charge on any atom is -0.372 e. The molecule has 0 unspecified atom stereocenters. The molecule has 2 aromatic rings. The quantitative estimate of drug-likeness (QED) is 0.820. The summed E-state index contributed by atoms with van der Waals surface area (Å²) >= 11 is 0. The Hall–Kier alpha value is -2.49. The van der Waals surface area contributed by atoms with Crippen LogP contribution in [-0.4, -0.2) is 25.7 Å². The van der Waals surface area contributed by atoms with E-state index in [1.165, 1.54) is 29.7 Å². The molecule has 4 nitrogen and oxygen atoms in total. The molecular formula is C22H29N3O. The molecule has 2 aromatic carbocycles. The summed E-state index contributed by atoms with van der Waals surface area (Å²) in [6, 6.07) is 16.4. The highest BCUT2D eigenvalue weighted by Crippen LogP contribution is 2.23. The standard InChI is InChI=1S/C22H29N3O/c1-17-6-8-18(9-7-17)22(2,3)16-23-21(26)24-19-10-12-20(13-11-19)25-14-4-5-15-25/h6-13H,4-5,14-16H2,1-3H3,(H2,23,24,26). The van der Waals surface area contributed by atoms with Gasteiger partial charge in [-0.3, -0.25) is 0 Å².